The zero-order chi connectivity index (χ0) is 80.6. The average molecular weight is 1550 g/mol. The Balaban J connectivity index is 0.000000142. The zero-order valence-corrected chi connectivity index (χ0v) is 66.4. The highest BCUT2D eigenvalue weighted by molar-refractivity contribution is 6.23. The highest BCUT2D eigenvalue weighted by Gasteiger charge is 2.21. The first-order valence-electron chi connectivity index (χ1n) is 41.6. The first kappa shape index (κ1) is 71.1. The molecule has 4 heterocycles. The summed E-state index contributed by atoms with van der Waals surface area (Å²) in [6, 6.07) is 161. The van der Waals surface area contributed by atoms with Crippen molar-refractivity contribution >= 4 is 108 Å². The molecule has 24 rings (SSSR count). The van der Waals surface area contributed by atoms with Gasteiger partial charge in [-0.05, 0) is 206 Å². The number of rotatable bonds is 12. The molecule has 0 spiro atoms. The molecule has 0 unspecified atom stereocenters. The van der Waals surface area contributed by atoms with Crippen LogP contribution in [0.15, 0.2) is 449 Å². The Morgan fingerprint density at radius 1 is 0.148 bits per heavy atom. The minimum Gasteiger partial charge on any atom is -0.309 e. The molecule has 24 aromatic rings. The molecule has 0 saturated carbocycles. The van der Waals surface area contributed by atoms with Crippen molar-refractivity contribution in [1.82, 2.24) is 29.1 Å². The summed E-state index contributed by atoms with van der Waals surface area (Å²) in [4.78, 5) is 20.1. The van der Waals surface area contributed by atoms with Crippen molar-refractivity contribution in [3.05, 3.63) is 449 Å². The summed E-state index contributed by atoms with van der Waals surface area (Å²) in [5.41, 5.74) is 26.5. The van der Waals surface area contributed by atoms with E-state index in [1.54, 1.807) is 0 Å². The van der Waals surface area contributed by atoms with Crippen LogP contribution in [0.25, 0.3) is 232 Å². The third-order valence-electron chi connectivity index (χ3n) is 24.4. The average Bonchev–Trinajstić information content (AvgIpc) is 1.58. The van der Waals surface area contributed by atoms with Crippen LogP contribution < -0.4 is 0 Å². The fraction of sp³-hybridized carbons (Fsp3) is 0. The second-order valence-electron chi connectivity index (χ2n) is 31.6. The van der Waals surface area contributed by atoms with E-state index >= 15 is 0 Å². The maximum Gasteiger partial charge on any atom is 0.160 e. The SMILES string of the molecule is c1ccc(-c2cc(-c3ccc(-n4c5ccccc5c5c6cc(-c7ccc8cc(-c9cccc%10ccccc9%10)ccc8c7)ccc6ccc54)cc3)nc(-c3ccccc3)n2)cc1.c1ccc(-c2cc(-c3ccc(-n4c5ccccc5c5c6ccc(-c7ccc8cc(-c9cccc%10ccccc9%10)ccc8c7)cc6ccc54)cc3)nc(-c3ccccc3)n2)cc1. The molecular weight excluding hydrogens is 1480 g/mol. The lowest BCUT2D eigenvalue weighted by Gasteiger charge is -2.12. The number of para-hydroxylation sites is 2. The molecule has 0 atom stereocenters. The number of benzene rings is 20. The van der Waals surface area contributed by atoms with Gasteiger partial charge < -0.3 is 9.13 Å². The first-order valence-corrected chi connectivity index (χ1v) is 41.6. The molecule has 0 N–H and O–H groups in total. The van der Waals surface area contributed by atoms with Crippen LogP contribution in [0.3, 0.4) is 0 Å². The molecule has 0 fully saturated rings. The first-order chi connectivity index (χ1) is 60.4. The zero-order valence-electron chi connectivity index (χ0n) is 66.4. The maximum atomic E-state index is 5.08. The molecule has 6 nitrogen and oxygen atoms in total. The quantitative estimate of drug-likeness (QED) is 0.122. The smallest absolute Gasteiger partial charge is 0.160 e. The van der Waals surface area contributed by atoms with E-state index in [9.17, 15) is 0 Å². The normalized spacial score (nSPS) is 11.6. The summed E-state index contributed by atoms with van der Waals surface area (Å²) in [5, 5.41) is 20.0. The van der Waals surface area contributed by atoms with Crippen molar-refractivity contribution in [2.45, 2.75) is 0 Å². The van der Waals surface area contributed by atoms with Crippen molar-refractivity contribution in [3.63, 3.8) is 0 Å². The summed E-state index contributed by atoms with van der Waals surface area (Å²) in [7, 11) is 0. The van der Waals surface area contributed by atoms with E-state index in [0.717, 1.165) is 67.5 Å². The summed E-state index contributed by atoms with van der Waals surface area (Å²) >= 11 is 0. The molecule has 0 aliphatic heterocycles. The van der Waals surface area contributed by atoms with Gasteiger partial charge in [0.25, 0.3) is 0 Å². The van der Waals surface area contributed by atoms with Crippen LogP contribution in [0.5, 0.6) is 0 Å². The van der Waals surface area contributed by atoms with Crippen molar-refractivity contribution in [3.8, 4) is 124 Å². The van der Waals surface area contributed by atoms with Crippen molar-refractivity contribution in [2.24, 2.45) is 0 Å². The molecule has 568 valence electrons. The van der Waals surface area contributed by atoms with Crippen molar-refractivity contribution < 1.29 is 0 Å². The van der Waals surface area contributed by atoms with Gasteiger partial charge in [-0.2, -0.15) is 0 Å². The maximum absolute atomic E-state index is 5.08. The van der Waals surface area contributed by atoms with E-state index in [2.05, 4.69) is 410 Å². The van der Waals surface area contributed by atoms with Gasteiger partial charge in [0.1, 0.15) is 0 Å². The monoisotopic (exact) mass is 1550 g/mol. The number of nitrogens with zero attached hydrogens (tertiary/aromatic N) is 6. The van der Waals surface area contributed by atoms with E-state index in [4.69, 9.17) is 19.9 Å². The van der Waals surface area contributed by atoms with Crippen LogP contribution in [0.1, 0.15) is 0 Å². The highest BCUT2D eigenvalue weighted by Crippen LogP contribution is 2.44. The predicted octanol–water partition coefficient (Wildman–Crippen LogP) is 30.7. The molecule has 6 heteroatoms. The lowest BCUT2D eigenvalue weighted by Crippen LogP contribution is -1.97. The van der Waals surface area contributed by atoms with Crippen LogP contribution in [0.4, 0.5) is 0 Å². The molecule has 0 aliphatic carbocycles. The number of aromatic nitrogens is 6. The van der Waals surface area contributed by atoms with Gasteiger partial charge in [0.05, 0.1) is 44.8 Å². The van der Waals surface area contributed by atoms with Gasteiger partial charge in [-0.25, -0.2) is 19.9 Å². The van der Waals surface area contributed by atoms with E-state index in [1.807, 2.05) is 48.5 Å². The Morgan fingerprint density at radius 3 is 0.885 bits per heavy atom. The Bertz CT molecular complexity index is 8090. The van der Waals surface area contributed by atoms with Gasteiger partial charge in [0.15, 0.2) is 11.6 Å². The Hall–Kier alpha value is -16.3. The van der Waals surface area contributed by atoms with Crippen LogP contribution in [-0.4, -0.2) is 29.1 Å². The van der Waals surface area contributed by atoms with Crippen LogP contribution in [0.2, 0.25) is 0 Å². The molecule has 122 heavy (non-hydrogen) atoms. The molecule has 0 bridgehead atoms. The molecular formula is C116H74N6. The summed E-state index contributed by atoms with van der Waals surface area (Å²) in [5.74, 6) is 1.43. The minimum absolute atomic E-state index is 0.712. The fourth-order valence-electron chi connectivity index (χ4n) is 18.3. The van der Waals surface area contributed by atoms with Crippen LogP contribution in [-0.2, 0) is 0 Å². The Morgan fingerprint density at radius 2 is 0.443 bits per heavy atom. The van der Waals surface area contributed by atoms with Crippen LogP contribution >= 0.6 is 0 Å². The second-order valence-corrected chi connectivity index (χ2v) is 31.6. The number of hydrogen-bond acceptors (Lipinski definition) is 4. The lowest BCUT2D eigenvalue weighted by molar-refractivity contribution is 1.17. The largest absolute Gasteiger partial charge is 0.309 e. The molecule has 0 aliphatic rings. The highest BCUT2D eigenvalue weighted by atomic mass is 15.0. The Labute approximate surface area is 705 Å². The number of fused-ring (bicyclic) bond motifs is 14. The predicted molar refractivity (Wildman–Crippen MR) is 512 cm³/mol. The summed E-state index contributed by atoms with van der Waals surface area (Å²) in [6.45, 7) is 0. The van der Waals surface area contributed by atoms with Gasteiger partial charge in [0, 0.05) is 66.3 Å². The fourth-order valence-corrected chi connectivity index (χ4v) is 18.3. The molecule has 4 aromatic heterocycles. The molecule has 0 radical (unpaired) electrons. The van der Waals surface area contributed by atoms with Crippen LogP contribution in [0, 0.1) is 0 Å². The van der Waals surface area contributed by atoms with E-state index in [-0.39, 0.29) is 0 Å². The van der Waals surface area contributed by atoms with Gasteiger partial charge in [0.2, 0.25) is 0 Å². The molecule has 0 saturated heterocycles. The van der Waals surface area contributed by atoms with Gasteiger partial charge >= 0.3 is 0 Å². The third-order valence-corrected chi connectivity index (χ3v) is 24.4. The topological polar surface area (TPSA) is 61.4 Å². The van der Waals surface area contributed by atoms with E-state index in [0.29, 0.717) is 11.6 Å². The van der Waals surface area contributed by atoms with E-state index < -0.39 is 0 Å². The van der Waals surface area contributed by atoms with Gasteiger partial charge in [-0.15, -0.1) is 0 Å². The van der Waals surface area contributed by atoms with Crippen molar-refractivity contribution in [1.29, 1.82) is 0 Å². The second kappa shape index (κ2) is 30.0. The number of hydrogen-bond donors (Lipinski definition) is 0. The van der Waals surface area contributed by atoms with Gasteiger partial charge in [-0.1, -0.05) is 352 Å². The van der Waals surface area contributed by atoms with E-state index in [1.165, 1.54) is 153 Å². The molecule has 20 aromatic carbocycles. The Kier molecular flexibility index (Phi) is 17.5. The minimum atomic E-state index is 0.712. The standard InChI is InChI=1S/2C58H37N3/c1-3-13-39(14-4-1)53-37-54(60-58(59-53)41-15-5-2-6-16-41)40-26-30-48(31-27-40)61-55-21-10-9-19-52(55)57-51-32-28-45(36-47(51)29-33-56(57)61)42-22-23-44-35-46(25-24-43(44)34-42)50-20-11-17-38-12-7-8-18-49(38)50;1-3-13-40(14-4-1)53-37-54(60-58(59-53)42-15-5-2-6-16-42)41-28-31-48(32-29-41)61-55-21-10-9-19-51(55)57-52-36-46(23-22-39(52)30-33-56(57)61)44-24-25-45-35-47(27-26-43(45)34-44)50-20-11-17-38-12-7-8-18-49(38)50/h2*1-37H. The summed E-state index contributed by atoms with van der Waals surface area (Å²) < 4.78 is 4.79. The van der Waals surface area contributed by atoms with Gasteiger partial charge in [-0.3, -0.25) is 0 Å². The lowest BCUT2D eigenvalue weighted by atomic mass is 9.94. The third kappa shape index (κ3) is 12.9. The molecule has 0 amide bonds. The summed E-state index contributed by atoms with van der Waals surface area (Å²) in [6.07, 6.45) is 0. The van der Waals surface area contributed by atoms with Crippen molar-refractivity contribution in [2.75, 3.05) is 0 Å².